The van der Waals surface area contributed by atoms with Crippen LogP contribution in [0, 0.1) is 0 Å². The van der Waals surface area contributed by atoms with Gasteiger partial charge in [-0.15, -0.1) is 0 Å². The van der Waals surface area contributed by atoms with Crippen LogP contribution in [0.15, 0.2) is 48.8 Å². The van der Waals surface area contributed by atoms with Gasteiger partial charge in [-0.1, -0.05) is 50.3 Å². The molecule has 0 radical (unpaired) electrons. The lowest BCUT2D eigenvalue weighted by Gasteiger charge is -2.12. The predicted octanol–water partition coefficient (Wildman–Crippen LogP) is 4.59. The highest BCUT2D eigenvalue weighted by molar-refractivity contribution is 5.69. The van der Waals surface area contributed by atoms with Gasteiger partial charge in [-0.25, -0.2) is 4.57 Å². The standard InChI is InChI=1S/C19H24N/c1-4-18(5-2)19-10-8-16(9-11-19)6-7-17-12-14-20(3)15-13-17/h6-15,18H,4-5H2,1-3H3/q+1/b7-6+. The second-order valence-corrected chi connectivity index (χ2v) is 5.31. The molecule has 0 amide bonds. The quantitative estimate of drug-likeness (QED) is 0.697. The second kappa shape index (κ2) is 7.04. The van der Waals surface area contributed by atoms with Crippen LogP contribution in [0.4, 0.5) is 0 Å². The monoisotopic (exact) mass is 266 g/mol. The summed E-state index contributed by atoms with van der Waals surface area (Å²) in [6.45, 7) is 4.52. The molecular formula is C19H24N+. The van der Waals surface area contributed by atoms with Crippen molar-refractivity contribution in [1.29, 1.82) is 0 Å². The molecule has 0 spiro atoms. The molecule has 0 saturated heterocycles. The minimum absolute atomic E-state index is 0.696. The zero-order valence-electron chi connectivity index (χ0n) is 12.7. The van der Waals surface area contributed by atoms with E-state index in [0.717, 1.165) is 0 Å². The Kier molecular flexibility index (Phi) is 5.11. The highest BCUT2D eigenvalue weighted by atomic mass is 14.9. The van der Waals surface area contributed by atoms with Crippen LogP contribution >= 0.6 is 0 Å². The molecule has 1 aromatic carbocycles. The fourth-order valence-corrected chi connectivity index (χ4v) is 2.46. The number of nitrogens with zero attached hydrogens (tertiary/aromatic N) is 1. The second-order valence-electron chi connectivity index (χ2n) is 5.31. The summed E-state index contributed by atoms with van der Waals surface area (Å²) in [5.74, 6) is 0.696. The number of hydrogen-bond acceptors (Lipinski definition) is 0. The van der Waals surface area contributed by atoms with E-state index in [2.05, 4.69) is 74.8 Å². The molecule has 0 saturated carbocycles. The van der Waals surface area contributed by atoms with Crippen molar-refractivity contribution in [3.05, 3.63) is 65.5 Å². The lowest BCUT2D eigenvalue weighted by atomic mass is 9.93. The van der Waals surface area contributed by atoms with Gasteiger partial charge in [0.15, 0.2) is 12.4 Å². The van der Waals surface area contributed by atoms with Crippen molar-refractivity contribution >= 4 is 12.2 Å². The molecule has 0 atom stereocenters. The summed E-state index contributed by atoms with van der Waals surface area (Å²) < 4.78 is 2.04. The van der Waals surface area contributed by atoms with Gasteiger partial charge in [-0.3, -0.25) is 0 Å². The Morgan fingerprint density at radius 2 is 1.35 bits per heavy atom. The first-order valence-electron chi connectivity index (χ1n) is 7.46. The number of pyridine rings is 1. The summed E-state index contributed by atoms with van der Waals surface area (Å²) in [6, 6.07) is 13.2. The first kappa shape index (κ1) is 14.5. The summed E-state index contributed by atoms with van der Waals surface area (Å²) in [7, 11) is 2.03. The summed E-state index contributed by atoms with van der Waals surface area (Å²) in [5, 5.41) is 0. The van der Waals surface area contributed by atoms with E-state index in [4.69, 9.17) is 0 Å². The molecule has 0 aliphatic rings. The van der Waals surface area contributed by atoms with Crippen LogP contribution in [0.1, 0.15) is 49.3 Å². The smallest absolute Gasteiger partial charge is 0.169 e. The summed E-state index contributed by atoms with van der Waals surface area (Å²) >= 11 is 0. The van der Waals surface area contributed by atoms with Gasteiger partial charge in [-0.2, -0.15) is 0 Å². The third kappa shape index (κ3) is 3.80. The van der Waals surface area contributed by atoms with Crippen molar-refractivity contribution in [3.63, 3.8) is 0 Å². The Morgan fingerprint density at radius 1 is 0.850 bits per heavy atom. The molecule has 1 nitrogen and oxygen atoms in total. The predicted molar refractivity (Wildman–Crippen MR) is 86.3 cm³/mol. The van der Waals surface area contributed by atoms with E-state index in [9.17, 15) is 0 Å². The van der Waals surface area contributed by atoms with Gasteiger partial charge < -0.3 is 0 Å². The molecule has 1 heterocycles. The van der Waals surface area contributed by atoms with Crippen molar-refractivity contribution in [3.8, 4) is 0 Å². The maximum Gasteiger partial charge on any atom is 0.169 e. The third-order valence-electron chi connectivity index (χ3n) is 3.87. The van der Waals surface area contributed by atoms with Crippen LogP contribution in [0.5, 0.6) is 0 Å². The number of aromatic nitrogens is 1. The molecule has 0 N–H and O–H groups in total. The van der Waals surface area contributed by atoms with Gasteiger partial charge >= 0.3 is 0 Å². The average Bonchev–Trinajstić information content (AvgIpc) is 2.49. The van der Waals surface area contributed by atoms with Gasteiger partial charge in [-0.05, 0) is 35.4 Å². The van der Waals surface area contributed by atoms with E-state index < -0.39 is 0 Å². The fraction of sp³-hybridized carbons (Fsp3) is 0.316. The molecule has 104 valence electrons. The van der Waals surface area contributed by atoms with E-state index in [1.165, 1.54) is 29.5 Å². The molecule has 1 aromatic heterocycles. The molecular weight excluding hydrogens is 242 g/mol. The third-order valence-corrected chi connectivity index (χ3v) is 3.87. The normalized spacial score (nSPS) is 11.4. The molecule has 2 aromatic rings. The van der Waals surface area contributed by atoms with Gasteiger partial charge in [0.1, 0.15) is 7.05 Å². The molecule has 2 rings (SSSR count). The summed E-state index contributed by atoms with van der Waals surface area (Å²) in [4.78, 5) is 0. The molecule has 0 unspecified atom stereocenters. The highest BCUT2D eigenvalue weighted by Gasteiger charge is 2.05. The SMILES string of the molecule is CCC(CC)c1ccc(/C=C/c2cc[n+](C)cc2)cc1. The van der Waals surface area contributed by atoms with Crippen LogP contribution in [0.3, 0.4) is 0 Å². The van der Waals surface area contributed by atoms with E-state index in [0.29, 0.717) is 5.92 Å². The lowest BCUT2D eigenvalue weighted by Crippen LogP contribution is -2.25. The molecule has 0 aliphatic heterocycles. The zero-order chi connectivity index (χ0) is 14.4. The zero-order valence-corrected chi connectivity index (χ0v) is 12.7. The maximum absolute atomic E-state index is 2.27. The molecule has 0 bridgehead atoms. The Bertz CT molecular complexity index is 545. The van der Waals surface area contributed by atoms with Crippen LogP contribution in [0.2, 0.25) is 0 Å². The average molecular weight is 266 g/mol. The minimum atomic E-state index is 0.696. The summed E-state index contributed by atoms with van der Waals surface area (Å²) in [5.41, 5.74) is 3.94. The Balaban J connectivity index is 2.08. The van der Waals surface area contributed by atoms with Crippen LogP contribution < -0.4 is 4.57 Å². The Morgan fingerprint density at radius 3 is 1.85 bits per heavy atom. The van der Waals surface area contributed by atoms with Gasteiger partial charge in [0, 0.05) is 12.1 Å². The van der Waals surface area contributed by atoms with Crippen LogP contribution in [-0.2, 0) is 7.05 Å². The van der Waals surface area contributed by atoms with E-state index in [-0.39, 0.29) is 0 Å². The van der Waals surface area contributed by atoms with Crippen molar-refractivity contribution in [2.24, 2.45) is 7.05 Å². The fourth-order valence-electron chi connectivity index (χ4n) is 2.46. The first-order chi connectivity index (χ1) is 9.72. The number of benzene rings is 1. The van der Waals surface area contributed by atoms with Crippen molar-refractivity contribution in [2.45, 2.75) is 32.6 Å². The number of hydrogen-bond donors (Lipinski definition) is 0. The maximum atomic E-state index is 2.27. The molecule has 0 aliphatic carbocycles. The van der Waals surface area contributed by atoms with Crippen molar-refractivity contribution in [1.82, 2.24) is 0 Å². The Labute approximate surface area is 122 Å². The van der Waals surface area contributed by atoms with Crippen LogP contribution in [-0.4, -0.2) is 0 Å². The van der Waals surface area contributed by atoms with Gasteiger partial charge in [0.25, 0.3) is 0 Å². The largest absolute Gasteiger partial charge is 0.208 e. The van der Waals surface area contributed by atoms with Gasteiger partial charge in [0.2, 0.25) is 0 Å². The topological polar surface area (TPSA) is 3.88 Å². The minimum Gasteiger partial charge on any atom is -0.208 e. The van der Waals surface area contributed by atoms with Crippen LogP contribution in [0.25, 0.3) is 12.2 Å². The first-order valence-corrected chi connectivity index (χ1v) is 7.46. The van der Waals surface area contributed by atoms with E-state index in [1.54, 1.807) is 0 Å². The van der Waals surface area contributed by atoms with Crippen molar-refractivity contribution < 1.29 is 4.57 Å². The molecule has 20 heavy (non-hydrogen) atoms. The Hall–Kier alpha value is -1.89. The highest BCUT2D eigenvalue weighted by Crippen LogP contribution is 2.23. The number of rotatable bonds is 5. The number of aryl methyl sites for hydroxylation is 1. The van der Waals surface area contributed by atoms with Gasteiger partial charge in [0.05, 0.1) is 0 Å². The van der Waals surface area contributed by atoms with Crippen molar-refractivity contribution in [2.75, 3.05) is 0 Å². The molecule has 0 fully saturated rings. The van der Waals surface area contributed by atoms with E-state index >= 15 is 0 Å². The summed E-state index contributed by atoms with van der Waals surface area (Å²) in [6.07, 6.45) is 10.9. The lowest BCUT2D eigenvalue weighted by molar-refractivity contribution is -0.671. The van der Waals surface area contributed by atoms with E-state index in [1.807, 2.05) is 11.6 Å². The molecule has 1 heteroatoms.